The van der Waals surface area contributed by atoms with Gasteiger partial charge in [-0.1, -0.05) is 6.92 Å². The van der Waals surface area contributed by atoms with Crippen molar-refractivity contribution in [3.63, 3.8) is 0 Å². The molecule has 1 atom stereocenters. The maximum absolute atomic E-state index is 13.9. The number of hydrogen-bond donors (Lipinski definition) is 1. The Balaban J connectivity index is 1.37. The number of carbonyl (C=O) groups is 2. The molecule has 0 saturated carbocycles. The van der Waals surface area contributed by atoms with E-state index >= 15 is 0 Å². The Bertz CT molecular complexity index is 972. The van der Waals surface area contributed by atoms with Crippen molar-refractivity contribution in [3.8, 4) is 5.75 Å². The van der Waals surface area contributed by atoms with Gasteiger partial charge in [-0.25, -0.2) is 9.37 Å². The van der Waals surface area contributed by atoms with Gasteiger partial charge in [0, 0.05) is 55.1 Å². The third-order valence-corrected chi connectivity index (χ3v) is 7.10. The number of thiazole rings is 1. The van der Waals surface area contributed by atoms with E-state index in [9.17, 15) is 14.0 Å². The van der Waals surface area contributed by atoms with Crippen LogP contribution in [0.2, 0.25) is 0 Å². The van der Waals surface area contributed by atoms with Gasteiger partial charge in [-0.05, 0) is 31.4 Å². The molecule has 2 heterocycles. The molecule has 2 aliphatic rings. The summed E-state index contributed by atoms with van der Waals surface area (Å²) in [5.41, 5.74) is 1.50. The van der Waals surface area contributed by atoms with Crippen LogP contribution in [0.25, 0.3) is 0 Å². The largest absolute Gasteiger partial charge is 0.494 e. The lowest BCUT2D eigenvalue weighted by molar-refractivity contribution is -0.131. The van der Waals surface area contributed by atoms with E-state index in [1.165, 1.54) is 19.2 Å². The van der Waals surface area contributed by atoms with Crippen LogP contribution >= 0.6 is 11.3 Å². The van der Waals surface area contributed by atoms with Crippen LogP contribution in [0.5, 0.6) is 5.75 Å². The van der Waals surface area contributed by atoms with Crippen LogP contribution in [-0.4, -0.2) is 55.0 Å². The Labute approximate surface area is 185 Å². The van der Waals surface area contributed by atoms with E-state index in [1.54, 1.807) is 17.4 Å². The van der Waals surface area contributed by atoms with Gasteiger partial charge in [-0.3, -0.25) is 9.59 Å². The van der Waals surface area contributed by atoms with E-state index in [0.717, 1.165) is 54.7 Å². The summed E-state index contributed by atoms with van der Waals surface area (Å²) in [7, 11) is 1.41. The SMILES string of the molecule is CCC(=O)N1CCN(c2nc3c(s2)C[C@@H](C(=O)Nc2ccc(OC)c(F)c2)CC3)CC1. The molecule has 0 unspecified atom stereocenters. The number of nitrogens with one attached hydrogen (secondary N) is 1. The van der Waals surface area contributed by atoms with Gasteiger partial charge >= 0.3 is 0 Å². The minimum atomic E-state index is -0.501. The first-order valence-electron chi connectivity index (χ1n) is 10.6. The second kappa shape index (κ2) is 9.21. The van der Waals surface area contributed by atoms with Gasteiger partial charge < -0.3 is 19.9 Å². The number of aryl methyl sites for hydroxylation is 1. The van der Waals surface area contributed by atoms with Crippen molar-refractivity contribution in [2.24, 2.45) is 5.92 Å². The molecule has 2 amide bonds. The number of benzene rings is 1. The normalized spacial score (nSPS) is 18.5. The van der Waals surface area contributed by atoms with Gasteiger partial charge in [0.25, 0.3) is 0 Å². The Morgan fingerprint density at radius 1 is 1.29 bits per heavy atom. The number of methoxy groups -OCH3 is 1. The molecule has 1 aromatic heterocycles. The highest BCUT2D eigenvalue weighted by Gasteiger charge is 2.30. The summed E-state index contributed by atoms with van der Waals surface area (Å²) in [5.74, 6) is -0.415. The Hall–Kier alpha value is -2.68. The number of piperazine rings is 1. The molecule has 1 saturated heterocycles. The molecule has 0 radical (unpaired) electrons. The fourth-order valence-corrected chi connectivity index (χ4v) is 5.32. The van der Waals surface area contributed by atoms with Crippen LogP contribution in [0.1, 0.15) is 30.3 Å². The third-order valence-electron chi connectivity index (χ3n) is 5.92. The summed E-state index contributed by atoms with van der Waals surface area (Å²) in [6, 6.07) is 4.42. The average Bonchev–Trinajstić information content (AvgIpc) is 3.22. The van der Waals surface area contributed by atoms with Gasteiger partial charge in [0.05, 0.1) is 12.8 Å². The molecular formula is C22H27FN4O3S. The molecule has 9 heteroatoms. The summed E-state index contributed by atoms with van der Waals surface area (Å²) in [5, 5.41) is 3.81. The number of aromatic nitrogens is 1. The highest BCUT2D eigenvalue weighted by molar-refractivity contribution is 7.15. The lowest BCUT2D eigenvalue weighted by Crippen LogP contribution is -2.48. The highest BCUT2D eigenvalue weighted by Crippen LogP contribution is 2.35. The predicted molar refractivity (Wildman–Crippen MR) is 118 cm³/mol. The zero-order valence-corrected chi connectivity index (χ0v) is 18.6. The molecule has 1 aliphatic carbocycles. The first-order valence-corrected chi connectivity index (χ1v) is 11.5. The van der Waals surface area contributed by atoms with Crippen LogP contribution in [0.15, 0.2) is 18.2 Å². The van der Waals surface area contributed by atoms with Gasteiger partial charge in [0.1, 0.15) is 0 Å². The van der Waals surface area contributed by atoms with E-state index < -0.39 is 5.82 Å². The van der Waals surface area contributed by atoms with Crippen LogP contribution in [0.4, 0.5) is 15.2 Å². The van der Waals surface area contributed by atoms with E-state index in [4.69, 9.17) is 9.72 Å². The third kappa shape index (κ3) is 4.66. The number of carbonyl (C=O) groups excluding carboxylic acids is 2. The maximum atomic E-state index is 13.9. The second-order valence-electron chi connectivity index (χ2n) is 7.87. The molecule has 7 nitrogen and oxygen atoms in total. The zero-order valence-electron chi connectivity index (χ0n) is 17.8. The standard InChI is InChI=1S/C22H27FN4O3S/c1-3-20(28)26-8-10-27(11-9-26)22-25-17-6-4-14(12-19(17)31-22)21(29)24-15-5-7-18(30-2)16(23)13-15/h5,7,13-14H,3-4,6,8-12H2,1-2H3,(H,24,29)/t14-/m0/s1. The molecule has 1 aliphatic heterocycles. The molecule has 1 N–H and O–H groups in total. The molecule has 1 fully saturated rings. The summed E-state index contributed by atoms with van der Waals surface area (Å²) >= 11 is 1.65. The van der Waals surface area contributed by atoms with Gasteiger partial charge in [-0.2, -0.15) is 0 Å². The quantitative estimate of drug-likeness (QED) is 0.764. The van der Waals surface area contributed by atoms with E-state index in [2.05, 4.69) is 10.2 Å². The summed E-state index contributed by atoms with van der Waals surface area (Å²) in [6.45, 7) is 4.90. The predicted octanol–water partition coefficient (Wildman–Crippen LogP) is 3.09. The number of anilines is 2. The Morgan fingerprint density at radius 2 is 2.06 bits per heavy atom. The monoisotopic (exact) mass is 446 g/mol. The number of rotatable bonds is 5. The fraction of sp³-hybridized carbons (Fsp3) is 0.500. The van der Waals surface area contributed by atoms with Gasteiger partial charge in [-0.15, -0.1) is 11.3 Å². The minimum absolute atomic E-state index is 0.100. The molecule has 1 aromatic carbocycles. The van der Waals surface area contributed by atoms with Crippen molar-refractivity contribution in [2.45, 2.75) is 32.6 Å². The van der Waals surface area contributed by atoms with Crippen LogP contribution in [0.3, 0.4) is 0 Å². The molecule has 166 valence electrons. The summed E-state index contributed by atoms with van der Waals surface area (Å²) in [6.07, 6.45) is 2.67. The number of hydrogen-bond acceptors (Lipinski definition) is 6. The van der Waals surface area contributed by atoms with Crippen molar-refractivity contribution in [2.75, 3.05) is 43.5 Å². The number of halogens is 1. The molecule has 2 aromatic rings. The van der Waals surface area contributed by atoms with E-state index in [1.807, 2.05) is 11.8 Å². The van der Waals surface area contributed by atoms with E-state index in [-0.39, 0.29) is 23.5 Å². The highest BCUT2D eigenvalue weighted by atomic mass is 32.1. The van der Waals surface area contributed by atoms with E-state index in [0.29, 0.717) is 18.5 Å². The molecule has 0 spiro atoms. The van der Waals surface area contributed by atoms with Crippen molar-refractivity contribution in [3.05, 3.63) is 34.6 Å². The second-order valence-corrected chi connectivity index (χ2v) is 8.93. The van der Waals surface area contributed by atoms with Crippen molar-refractivity contribution in [1.82, 2.24) is 9.88 Å². The van der Waals surface area contributed by atoms with Crippen molar-refractivity contribution < 1.29 is 18.7 Å². The number of amides is 2. The smallest absolute Gasteiger partial charge is 0.227 e. The van der Waals surface area contributed by atoms with Crippen LogP contribution in [-0.2, 0) is 22.4 Å². The Morgan fingerprint density at radius 3 is 2.74 bits per heavy atom. The van der Waals surface area contributed by atoms with Crippen molar-refractivity contribution in [1.29, 1.82) is 0 Å². The first-order chi connectivity index (χ1) is 15.0. The van der Waals surface area contributed by atoms with Crippen LogP contribution in [0, 0.1) is 11.7 Å². The Kier molecular flexibility index (Phi) is 6.41. The van der Waals surface area contributed by atoms with Gasteiger partial charge in [0.2, 0.25) is 11.8 Å². The number of fused-ring (bicyclic) bond motifs is 1. The topological polar surface area (TPSA) is 74.8 Å². The first kappa shape index (κ1) is 21.5. The molecule has 4 rings (SSSR count). The fourth-order valence-electron chi connectivity index (χ4n) is 4.08. The van der Waals surface area contributed by atoms with Crippen molar-refractivity contribution >= 4 is 34.0 Å². The maximum Gasteiger partial charge on any atom is 0.227 e. The lowest BCUT2D eigenvalue weighted by Gasteiger charge is -2.34. The average molecular weight is 447 g/mol. The zero-order chi connectivity index (χ0) is 22.0. The van der Waals surface area contributed by atoms with Crippen LogP contribution < -0.4 is 15.0 Å². The molecular weight excluding hydrogens is 419 g/mol. The number of nitrogens with zero attached hydrogens (tertiary/aromatic N) is 3. The molecule has 31 heavy (non-hydrogen) atoms. The van der Waals surface area contributed by atoms with Gasteiger partial charge in [0.15, 0.2) is 16.7 Å². The molecule has 0 bridgehead atoms. The minimum Gasteiger partial charge on any atom is -0.494 e. The summed E-state index contributed by atoms with van der Waals surface area (Å²) < 4.78 is 18.8. The lowest BCUT2D eigenvalue weighted by atomic mass is 9.90. The number of ether oxygens (including phenoxy) is 1. The summed E-state index contributed by atoms with van der Waals surface area (Å²) in [4.78, 5) is 34.7.